The number of fused-ring (bicyclic) bond motifs is 1. The molecule has 0 aliphatic heterocycles. The van der Waals surface area contributed by atoms with Gasteiger partial charge in [-0.05, 0) is 26.0 Å². The molecule has 0 unspecified atom stereocenters. The molecule has 0 spiro atoms. The lowest BCUT2D eigenvalue weighted by Crippen LogP contribution is -2.35. The van der Waals surface area contributed by atoms with E-state index in [1.807, 2.05) is 32.0 Å². The highest BCUT2D eigenvalue weighted by Crippen LogP contribution is 2.12. The van der Waals surface area contributed by atoms with E-state index in [1.54, 1.807) is 6.07 Å². The molecule has 0 saturated carbocycles. The zero-order valence-electron chi connectivity index (χ0n) is 9.27. The maximum atomic E-state index is 12.2. The first-order valence-corrected chi connectivity index (χ1v) is 5.01. The van der Waals surface area contributed by atoms with Crippen LogP contribution < -0.4 is 5.56 Å². The second-order valence-corrected chi connectivity index (χ2v) is 4.14. The molecule has 0 bridgehead atoms. The van der Waals surface area contributed by atoms with Gasteiger partial charge in [-0.2, -0.15) is 0 Å². The van der Waals surface area contributed by atoms with Crippen molar-refractivity contribution in [2.45, 2.75) is 19.4 Å². The molecule has 0 saturated heterocycles. The largest absolute Gasteiger partial charge is 0.282 e. The Morgan fingerprint density at radius 2 is 2.06 bits per heavy atom. The molecule has 3 heteroatoms. The van der Waals surface area contributed by atoms with Crippen molar-refractivity contribution >= 4 is 10.9 Å². The summed E-state index contributed by atoms with van der Waals surface area (Å²) in [7, 11) is 0. The monoisotopic (exact) mass is 212 g/mol. The Morgan fingerprint density at radius 1 is 1.38 bits per heavy atom. The fourth-order valence-corrected chi connectivity index (χ4v) is 1.54. The molecule has 0 fully saturated rings. The van der Waals surface area contributed by atoms with E-state index < -0.39 is 5.54 Å². The van der Waals surface area contributed by atoms with E-state index in [-0.39, 0.29) is 5.56 Å². The van der Waals surface area contributed by atoms with E-state index in [2.05, 4.69) is 10.9 Å². The highest BCUT2D eigenvalue weighted by Gasteiger charge is 2.18. The molecule has 16 heavy (non-hydrogen) atoms. The summed E-state index contributed by atoms with van der Waals surface area (Å²) in [6.07, 6.45) is 6.92. The predicted octanol–water partition coefficient (Wildman–Crippen LogP) is 1.76. The molecule has 3 nitrogen and oxygen atoms in total. The second-order valence-electron chi connectivity index (χ2n) is 4.14. The van der Waals surface area contributed by atoms with Gasteiger partial charge in [-0.15, -0.1) is 6.42 Å². The molecule has 0 amide bonds. The second kappa shape index (κ2) is 3.49. The van der Waals surface area contributed by atoms with Gasteiger partial charge >= 0.3 is 0 Å². The van der Waals surface area contributed by atoms with Crippen molar-refractivity contribution in [2.24, 2.45) is 0 Å². The first-order valence-electron chi connectivity index (χ1n) is 5.01. The summed E-state index contributed by atoms with van der Waals surface area (Å²) >= 11 is 0. The first-order chi connectivity index (χ1) is 7.56. The van der Waals surface area contributed by atoms with Gasteiger partial charge in [-0.25, -0.2) is 4.98 Å². The molecule has 0 aliphatic rings. The smallest absolute Gasteiger partial charge is 0.262 e. The van der Waals surface area contributed by atoms with E-state index in [0.29, 0.717) is 10.9 Å². The zero-order chi connectivity index (χ0) is 11.8. The third-order valence-electron chi connectivity index (χ3n) is 2.62. The molecule has 1 aromatic heterocycles. The predicted molar refractivity (Wildman–Crippen MR) is 64.2 cm³/mol. The summed E-state index contributed by atoms with van der Waals surface area (Å²) in [5.41, 5.74) is -0.0705. The molecule has 0 radical (unpaired) electrons. The molecule has 1 heterocycles. The first kappa shape index (κ1) is 10.4. The summed E-state index contributed by atoms with van der Waals surface area (Å²) in [6, 6.07) is 7.24. The summed E-state index contributed by atoms with van der Waals surface area (Å²) in [5.74, 6) is 2.59. The van der Waals surface area contributed by atoms with Gasteiger partial charge in [0.15, 0.2) is 0 Å². The minimum atomic E-state index is -0.659. The SMILES string of the molecule is C#CC(C)(C)n1cnc2ccccc2c1=O. The van der Waals surface area contributed by atoms with Crippen LogP contribution in [0.5, 0.6) is 0 Å². The van der Waals surface area contributed by atoms with Crippen LogP contribution in [0.15, 0.2) is 35.4 Å². The number of hydrogen-bond donors (Lipinski definition) is 0. The van der Waals surface area contributed by atoms with Crippen LogP contribution in [0.4, 0.5) is 0 Å². The molecule has 80 valence electrons. The Morgan fingerprint density at radius 3 is 2.75 bits per heavy atom. The molecule has 1 aromatic carbocycles. The van der Waals surface area contributed by atoms with Crippen molar-refractivity contribution < 1.29 is 0 Å². The Labute approximate surface area is 93.7 Å². The quantitative estimate of drug-likeness (QED) is 0.675. The van der Waals surface area contributed by atoms with Gasteiger partial charge in [-0.3, -0.25) is 9.36 Å². The van der Waals surface area contributed by atoms with Crippen LogP contribution in [0.2, 0.25) is 0 Å². The maximum Gasteiger partial charge on any atom is 0.262 e. The third kappa shape index (κ3) is 1.49. The van der Waals surface area contributed by atoms with Gasteiger partial charge < -0.3 is 0 Å². The van der Waals surface area contributed by atoms with Crippen molar-refractivity contribution in [3.05, 3.63) is 40.9 Å². The van der Waals surface area contributed by atoms with Gasteiger partial charge in [0.2, 0.25) is 0 Å². The number of terminal acetylenes is 1. The molecule has 2 aromatic rings. The molecular weight excluding hydrogens is 200 g/mol. The summed E-state index contributed by atoms with van der Waals surface area (Å²) in [6.45, 7) is 3.62. The molecule has 0 N–H and O–H groups in total. The Kier molecular flexibility index (Phi) is 2.28. The summed E-state index contributed by atoms with van der Waals surface area (Å²) in [5, 5.41) is 0.591. The maximum absolute atomic E-state index is 12.2. The van der Waals surface area contributed by atoms with Crippen molar-refractivity contribution in [3.63, 3.8) is 0 Å². The van der Waals surface area contributed by atoms with E-state index >= 15 is 0 Å². The number of hydrogen-bond acceptors (Lipinski definition) is 2. The fourth-order valence-electron chi connectivity index (χ4n) is 1.54. The van der Waals surface area contributed by atoms with Crippen molar-refractivity contribution in [1.29, 1.82) is 0 Å². The lowest BCUT2D eigenvalue weighted by Gasteiger charge is -2.20. The van der Waals surface area contributed by atoms with Crippen LogP contribution in [-0.4, -0.2) is 9.55 Å². The molecule has 0 aliphatic carbocycles. The van der Waals surface area contributed by atoms with E-state index in [0.717, 1.165) is 0 Å². The van der Waals surface area contributed by atoms with Crippen molar-refractivity contribution in [1.82, 2.24) is 9.55 Å². The Balaban J connectivity index is 2.82. The van der Waals surface area contributed by atoms with Crippen molar-refractivity contribution in [2.75, 3.05) is 0 Å². The highest BCUT2D eigenvalue weighted by molar-refractivity contribution is 5.76. The third-order valence-corrected chi connectivity index (χ3v) is 2.62. The normalized spacial score (nSPS) is 11.3. The van der Waals surface area contributed by atoms with Gasteiger partial charge in [0, 0.05) is 0 Å². The summed E-state index contributed by atoms with van der Waals surface area (Å²) < 4.78 is 1.48. The lowest BCUT2D eigenvalue weighted by atomic mass is 10.1. The molecule has 0 atom stereocenters. The highest BCUT2D eigenvalue weighted by atomic mass is 16.1. The average Bonchev–Trinajstić information content (AvgIpc) is 2.29. The Bertz CT molecular complexity index is 632. The number of nitrogens with zero attached hydrogens (tertiary/aromatic N) is 2. The topological polar surface area (TPSA) is 34.9 Å². The van der Waals surface area contributed by atoms with E-state index in [1.165, 1.54) is 10.9 Å². The van der Waals surface area contributed by atoms with Crippen molar-refractivity contribution in [3.8, 4) is 12.3 Å². The average molecular weight is 212 g/mol. The molecule has 2 rings (SSSR count). The van der Waals surface area contributed by atoms with Gasteiger partial charge in [0.05, 0.1) is 17.2 Å². The van der Waals surface area contributed by atoms with Crippen LogP contribution >= 0.6 is 0 Å². The number of rotatable bonds is 1. The van der Waals surface area contributed by atoms with Gasteiger partial charge in [0.25, 0.3) is 5.56 Å². The lowest BCUT2D eigenvalue weighted by molar-refractivity contribution is 0.456. The zero-order valence-corrected chi connectivity index (χ0v) is 9.27. The van der Waals surface area contributed by atoms with Crippen LogP contribution in [0.1, 0.15) is 13.8 Å². The van der Waals surface area contributed by atoms with Gasteiger partial charge in [0.1, 0.15) is 5.54 Å². The van der Waals surface area contributed by atoms with Crippen LogP contribution in [0.3, 0.4) is 0 Å². The van der Waals surface area contributed by atoms with Crippen LogP contribution in [0.25, 0.3) is 10.9 Å². The summed E-state index contributed by atoms with van der Waals surface area (Å²) in [4.78, 5) is 16.4. The van der Waals surface area contributed by atoms with E-state index in [9.17, 15) is 4.79 Å². The number of benzene rings is 1. The fraction of sp³-hybridized carbons (Fsp3) is 0.231. The minimum Gasteiger partial charge on any atom is -0.282 e. The van der Waals surface area contributed by atoms with Crippen LogP contribution in [0, 0.1) is 12.3 Å². The van der Waals surface area contributed by atoms with E-state index in [4.69, 9.17) is 6.42 Å². The van der Waals surface area contributed by atoms with Gasteiger partial charge in [-0.1, -0.05) is 18.1 Å². The standard InChI is InChI=1S/C13H12N2O/c1-4-13(2,3)15-9-14-11-8-6-5-7-10(11)12(15)16/h1,5-9H,2-3H3. The number of aromatic nitrogens is 2. The van der Waals surface area contributed by atoms with Crippen LogP contribution in [-0.2, 0) is 5.54 Å². The minimum absolute atomic E-state index is 0.103. The Hall–Kier alpha value is -2.08. The molecular formula is C13H12N2O. The number of para-hydroxylation sites is 1.